The van der Waals surface area contributed by atoms with Crippen molar-refractivity contribution in [3.63, 3.8) is 0 Å². The highest BCUT2D eigenvalue weighted by Crippen LogP contribution is 2.47. The van der Waals surface area contributed by atoms with E-state index in [9.17, 15) is 15.0 Å². The van der Waals surface area contributed by atoms with Crippen molar-refractivity contribution in [3.8, 4) is 0 Å². The van der Waals surface area contributed by atoms with E-state index >= 15 is 0 Å². The number of hydrogen-bond acceptors (Lipinski definition) is 8. The summed E-state index contributed by atoms with van der Waals surface area (Å²) in [5.41, 5.74) is 17.3. The number of allylic oxidation sites excluding steroid dienone is 16. The van der Waals surface area contributed by atoms with Gasteiger partial charge >= 0.3 is 5.97 Å². The molecular weight excluding hydrogens is 733 g/mol. The van der Waals surface area contributed by atoms with Crippen molar-refractivity contribution in [1.29, 1.82) is 0 Å². The van der Waals surface area contributed by atoms with Gasteiger partial charge < -0.3 is 20.3 Å². The van der Waals surface area contributed by atoms with Gasteiger partial charge in [0.25, 0.3) is 0 Å². The first-order valence-electron chi connectivity index (χ1n) is 21.6. The maximum Gasteiger partial charge on any atom is 0.306 e. The third kappa shape index (κ3) is 9.81. The molecule has 5 aliphatic heterocycles. The lowest BCUT2D eigenvalue weighted by molar-refractivity contribution is -0.142. The highest BCUT2D eigenvalue weighted by Gasteiger charge is 2.41. The minimum Gasteiger partial charge on any atom is -0.511 e. The largest absolute Gasteiger partial charge is 0.511 e. The molecule has 0 amide bonds. The van der Waals surface area contributed by atoms with Crippen LogP contribution >= 0.6 is 0 Å². The van der Waals surface area contributed by atoms with Crippen LogP contribution in [-0.2, 0) is 9.53 Å². The summed E-state index contributed by atoms with van der Waals surface area (Å²) in [5, 5.41) is 26.3. The topological polar surface area (TPSA) is 116 Å². The molecule has 0 unspecified atom stereocenters. The standard InChI is InChI=1S/C51H66N4O4/c1-28(2)15-13-16-29(3)17-14-18-30(4)21-22-59-46(58)20-19-36-31(5)40-24-41-33(7)47(35(9)56)44(53-41)26-39-32(6)38(27-51(10,11)12)43(52-39)25-42-34(8)48-45(57)23-37(49(36)54-40)50(48)55-42/h15,17,21,24-26,31,35-36,54,56-57H,13-14,16,18-20,22-23,27H2,1-12H3/t31-,35-,36-/m0/s1. The maximum absolute atomic E-state index is 13.3. The van der Waals surface area contributed by atoms with Gasteiger partial charge in [-0.2, -0.15) is 0 Å². The number of fused-ring (bicyclic) bond motifs is 5. The quantitative estimate of drug-likeness (QED) is 0.127. The van der Waals surface area contributed by atoms with Crippen LogP contribution in [0.3, 0.4) is 0 Å². The van der Waals surface area contributed by atoms with E-state index in [0.29, 0.717) is 24.3 Å². The highest BCUT2D eigenvalue weighted by molar-refractivity contribution is 6.21. The Morgan fingerprint density at radius 3 is 2.24 bits per heavy atom. The fourth-order valence-corrected chi connectivity index (χ4v) is 8.92. The summed E-state index contributed by atoms with van der Waals surface area (Å²) in [7, 11) is 0. The summed E-state index contributed by atoms with van der Waals surface area (Å²) in [5.74, 6) is 0.0408. The lowest BCUT2D eigenvalue weighted by atomic mass is 9.85. The van der Waals surface area contributed by atoms with Crippen LogP contribution < -0.4 is 5.32 Å². The molecule has 3 atom stereocenters. The number of esters is 1. The summed E-state index contributed by atoms with van der Waals surface area (Å²) >= 11 is 0. The van der Waals surface area contributed by atoms with Gasteiger partial charge in [0.2, 0.25) is 0 Å². The molecule has 59 heavy (non-hydrogen) atoms. The fraction of sp³-hybridized carbons (Fsp3) is 0.490. The zero-order valence-corrected chi connectivity index (χ0v) is 37.6. The Morgan fingerprint density at radius 2 is 1.56 bits per heavy atom. The number of hydrogen-bond donors (Lipinski definition) is 3. The Morgan fingerprint density at radius 1 is 0.898 bits per heavy atom. The highest BCUT2D eigenvalue weighted by atomic mass is 16.5. The van der Waals surface area contributed by atoms with Crippen molar-refractivity contribution >= 4 is 23.1 Å². The fourth-order valence-electron chi connectivity index (χ4n) is 8.92. The summed E-state index contributed by atoms with van der Waals surface area (Å²) in [4.78, 5) is 28.8. The van der Waals surface area contributed by atoms with Crippen LogP contribution in [0.1, 0.15) is 134 Å². The van der Waals surface area contributed by atoms with Gasteiger partial charge in [-0.15, -0.1) is 0 Å². The van der Waals surface area contributed by atoms with Crippen molar-refractivity contribution in [2.24, 2.45) is 32.2 Å². The molecule has 8 bridgehead atoms. The second-order valence-electron chi connectivity index (χ2n) is 18.8. The molecule has 0 aromatic heterocycles. The van der Waals surface area contributed by atoms with Crippen molar-refractivity contribution in [2.75, 3.05) is 6.61 Å². The number of aliphatic hydroxyl groups excluding tert-OH is 2. The van der Waals surface area contributed by atoms with E-state index in [4.69, 9.17) is 19.7 Å². The van der Waals surface area contributed by atoms with Crippen molar-refractivity contribution in [1.82, 2.24) is 5.32 Å². The molecule has 8 nitrogen and oxygen atoms in total. The third-order valence-corrected chi connectivity index (χ3v) is 12.3. The summed E-state index contributed by atoms with van der Waals surface area (Å²) < 4.78 is 5.75. The first-order chi connectivity index (χ1) is 27.8. The second kappa shape index (κ2) is 17.8. The van der Waals surface area contributed by atoms with Crippen molar-refractivity contribution < 1.29 is 19.7 Å². The van der Waals surface area contributed by atoms with Gasteiger partial charge in [-0.1, -0.05) is 56.6 Å². The van der Waals surface area contributed by atoms with Crippen LogP contribution in [-0.4, -0.2) is 46.0 Å². The molecule has 3 N–H and O–H groups in total. The zero-order valence-electron chi connectivity index (χ0n) is 37.6. The lowest BCUT2D eigenvalue weighted by Crippen LogP contribution is -2.16. The Labute approximate surface area is 352 Å². The molecule has 6 rings (SSSR count). The molecular formula is C51H66N4O4. The average Bonchev–Trinajstić information content (AvgIpc) is 3.89. The van der Waals surface area contributed by atoms with Crippen LogP contribution in [0, 0.1) is 17.3 Å². The smallest absolute Gasteiger partial charge is 0.306 e. The van der Waals surface area contributed by atoms with Crippen LogP contribution in [0.5, 0.6) is 0 Å². The van der Waals surface area contributed by atoms with Crippen LogP contribution in [0.25, 0.3) is 0 Å². The number of nitrogens with one attached hydrogen (secondary N) is 1. The molecule has 0 aromatic carbocycles. The van der Waals surface area contributed by atoms with Gasteiger partial charge in [0.05, 0.1) is 40.3 Å². The van der Waals surface area contributed by atoms with E-state index in [-0.39, 0.29) is 36.2 Å². The number of carbonyl (C=O) groups is 1. The number of aliphatic hydroxyl groups is 2. The van der Waals surface area contributed by atoms with Gasteiger partial charge in [-0.05, 0) is 146 Å². The second-order valence-corrected chi connectivity index (χ2v) is 18.8. The van der Waals surface area contributed by atoms with E-state index in [1.807, 2.05) is 26.0 Å². The number of nitrogens with zero attached hydrogens (tertiary/aromatic N) is 3. The molecule has 0 spiro atoms. The molecule has 1 saturated heterocycles. The van der Waals surface area contributed by atoms with E-state index in [1.54, 1.807) is 6.92 Å². The third-order valence-electron chi connectivity index (χ3n) is 12.3. The van der Waals surface area contributed by atoms with Crippen molar-refractivity contribution in [3.05, 3.63) is 126 Å². The maximum atomic E-state index is 13.3. The number of ether oxygens (including phenoxy) is 1. The van der Waals surface area contributed by atoms with E-state index < -0.39 is 6.10 Å². The van der Waals surface area contributed by atoms with E-state index in [0.717, 1.165) is 111 Å². The monoisotopic (exact) mass is 799 g/mol. The summed E-state index contributed by atoms with van der Waals surface area (Å²) in [6.07, 6.45) is 18.2. The van der Waals surface area contributed by atoms with E-state index in [1.165, 1.54) is 16.7 Å². The molecule has 1 aliphatic carbocycles. The minimum absolute atomic E-state index is 0.00884. The SMILES string of the molecule is CC(C)=CCCC(C)=CCCC(C)=CCOC(=O)CC[C@@H]1C2=C3CC(O)=C4C3=NC(=C4C)C=C3N=C(C=C4N=C(C=C(N2)[C@H]1C)C(C)=C4[C@H](C)O)C(C)=C3CC(C)(C)C. The lowest BCUT2D eigenvalue weighted by Gasteiger charge is -2.20. The molecule has 8 heteroatoms. The number of carbonyl (C=O) groups excluding carboxylic acids is 1. The van der Waals surface area contributed by atoms with Gasteiger partial charge in [0.15, 0.2) is 0 Å². The first kappa shape index (κ1) is 43.8. The summed E-state index contributed by atoms with van der Waals surface area (Å²) in [6, 6.07) is 0. The Kier molecular flexibility index (Phi) is 13.2. The molecule has 0 radical (unpaired) electrons. The normalized spacial score (nSPS) is 22.5. The van der Waals surface area contributed by atoms with Crippen LogP contribution in [0.4, 0.5) is 0 Å². The molecule has 314 valence electrons. The van der Waals surface area contributed by atoms with Crippen LogP contribution in [0.2, 0.25) is 0 Å². The Balaban J connectivity index is 1.29. The predicted molar refractivity (Wildman–Crippen MR) is 243 cm³/mol. The number of rotatable bonds is 13. The van der Waals surface area contributed by atoms with Crippen molar-refractivity contribution in [2.45, 2.75) is 141 Å². The number of aliphatic imine (C=N–C) groups is 3. The molecule has 0 aromatic rings. The first-order valence-corrected chi connectivity index (χ1v) is 21.6. The average molecular weight is 799 g/mol. The minimum atomic E-state index is -0.726. The predicted octanol–water partition coefficient (Wildman–Crippen LogP) is 11.8. The Bertz CT molecular complexity index is 2250. The van der Waals surface area contributed by atoms with Crippen LogP contribution in [0.15, 0.2) is 141 Å². The van der Waals surface area contributed by atoms with Gasteiger partial charge in [-0.25, -0.2) is 15.0 Å². The van der Waals surface area contributed by atoms with E-state index in [2.05, 4.69) is 91.9 Å². The molecule has 0 saturated carbocycles. The van der Waals surface area contributed by atoms with Gasteiger partial charge in [0.1, 0.15) is 12.4 Å². The molecule has 6 aliphatic rings. The van der Waals surface area contributed by atoms with Gasteiger partial charge in [0, 0.05) is 52.8 Å². The Hall–Kier alpha value is -4.82. The van der Waals surface area contributed by atoms with Gasteiger partial charge in [-0.3, -0.25) is 4.79 Å². The zero-order chi connectivity index (χ0) is 42.9. The molecule has 1 fully saturated rings. The molecule has 5 heterocycles. The summed E-state index contributed by atoms with van der Waals surface area (Å²) in [6.45, 7) is 25.7.